The molecule has 1 aromatic heterocycles. The van der Waals surface area contributed by atoms with Gasteiger partial charge in [-0.25, -0.2) is 9.78 Å². The number of nitrogens with one attached hydrogen (secondary N) is 1. The second kappa shape index (κ2) is 5.60. The Hall–Kier alpha value is -1.52. The SMILES string of the molecule is Cc1nc(SC(C)C2=C(C(=O)O)N3C(=O)[C@@H](O)[C@@H]3SC2)n[nH]1. The van der Waals surface area contributed by atoms with E-state index in [-0.39, 0.29) is 10.9 Å². The molecule has 1 saturated heterocycles. The second-order valence-corrected chi connectivity index (χ2v) is 7.41. The lowest BCUT2D eigenvalue weighted by Crippen LogP contribution is -2.65. The number of fused-ring (bicyclic) bond motifs is 1. The van der Waals surface area contributed by atoms with E-state index in [1.165, 1.54) is 28.4 Å². The number of carbonyl (C=O) groups is 2. The number of rotatable bonds is 4. The van der Waals surface area contributed by atoms with Crippen LogP contribution >= 0.6 is 23.5 Å². The number of amides is 1. The van der Waals surface area contributed by atoms with Crippen LogP contribution in [0.2, 0.25) is 0 Å². The quantitative estimate of drug-likeness (QED) is 0.525. The maximum Gasteiger partial charge on any atom is 0.352 e. The highest BCUT2D eigenvalue weighted by Crippen LogP contribution is 2.43. The molecule has 0 bridgehead atoms. The molecule has 3 rings (SSSR count). The Bertz CT molecular complexity index is 674. The zero-order valence-electron chi connectivity index (χ0n) is 11.8. The number of β-lactam (4-membered cyclic amide) rings is 1. The maximum atomic E-state index is 11.8. The highest BCUT2D eigenvalue weighted by Gasteiger charge is 2.53. The van der Waals surface area contributed by atoms with Crippen LogP contribution < -0.4 is 0 Å². The van der Waals surface area contributed by atoms with Gasteiger partial charge in [0.05, 0.1) is 0 Å². The maximum absolute atomic E-state index is 11.8. The van der Waals surface area contributed by atoms with E-state index in [4.69, 9.17) is 0 Å². The number of aromatic nitrogens is 3. The molecular weight excluding hydrogens is 328 g/mol. The van der Waals surface area contributed by atoms with E-state index in [1.807, 2.05) is 6.92 Å². The number of aromatic amines is 1. The number of carbonyl (C=O) groups excluding carboxylic acids is 1. The summed E-state index contributed by atoms with van der Waals surface area (Å²) in [6.45, 7) is 3.64. The summed E-state index contributed by atoms with van der Waals surface area (Å²) in [6, 6.07) is 0. The van der Waals surface area contributed by atoms with Crippen LogP contribution in [0.4, 0.5) is 0 Å². The van der Waals surface area contributed by atoms with Crippen LogP contribution in [0.1, 0.15) is 12.7 Å². The summed E-state index contributed by atoms with van der Waals surface area (Å²) in [5.74, 6) is -0.580. The lowest BCUT2D eigenvalue weighted by atomic mass is 10.0. The van der Waals surface area contributed by atoms with Crippen molar-refractivity contribution in [2.45, 2.75) is 35.7 Å². The Labute approximate surface area is 134 Å². The topological polar surface area (TPSA) is 119 Å². The number of nitrogens with zero attached hydrogens (tertiary/aromatic N) is 3. The average molecular weight is 342 g/mol. The number of aryl methyl sites for hydroxylation is 1. The fourth-order valence-corrected chi connectivity index (χ4v) is 4.85. The molecule has 22 heavy (non-hydrogen) atoms. The Kier molecular flexibility index (Phi) is 3.91. The number of aliphatic hydroxyl groups excluding tert-OH is 1. The van der Waals surface area contributed by atoms with Crippen molar-refractivity contribution in [2.75, 3.05) is 5.75 Å². The van der Waals surface area contributed by atoms with E-state index in [0.29, 0.717) is 22.3 Å². The van der Waals surface area contributed by atoms with Crippen molar-refractivity contribution in [1.29, 1.82) is 0 Å². The standard InChI is InChI=1S/C12H14N4O4S2/c1-4(22-12-13-5(2)14-15-12)6-3-21-10-8(17)9(18)16(10)7(6)11(19)20/h4,8,10,17H,3H2,1-2H3,(H,19,20)(H,13,14,15)/t4?,8-,10+/m1/s1. The molecule has 0 saturated carbocycles. The van der Waals surface area contributed by atoms with Crippen LogP contribution in [-0.2, 0) is 9.59 Å². The summed E-state index contributed by atoms with van der Waals surface area (Å²) in [5, 5.41) is 25.7. The summed E-state index contributed by atoms with van der Waals surface area (Å²) in [6.07, 6.45) is -1.11. The van der Waals surface area contributed by atoms with Gasteiger partial charge < -0.3 is 10.2 Å². The van der Waals surface area contributed by atoms with Crippen LogP contribution in [0.25, 0.3) is 0 Å². The highest BCUT2D eigenvalue weighted by molar-refractivity contribution is 8.01. The largest absolute Gasteiger partial charge is 0.477 e. The van der Waals surface area contributed by atoms with Crippen molar-refractivity contribution in [3.63, 3.8) is 0 Å². The predicted molar refractivity (Wildman–Crippen MR) is 80.2 cm³/mol. The van der Waals surface area contributed by atoms with Gasteiger partial charge in [0, 0.05) is 11.0 Å². The van der Waals surface area contributed by atoms with Crippen molar-refractivity contribution in [2.24, 2.45) is 0 Å². The number of aliphatic carboxylic acids is 1. The van der Waals surface area contributed by atoms with E-state index in [1.54, 1.807) is 6.92 Å². The molecule has 0 spiro atoms. The van der Waals surface area contributed by atoms with Crippen LogP contribution in [0.15, 0.2) is 16.4 Å². The molecule has 2 aliphatic heterocycles. The van der Waals surface area contributed by atoms with E-state index in [0.717, 1.165) is 0 Å². The zero-order valence-corrected chi connectivity index (χ0v) is 13.4. The Morgan fingerprint density at radius 2 is 2.32 bits per heavy atom. The highest BCUT2D eigenvalue weighted by atomic mass is 32.2. The van der Waals surface area contributed by atoms with Crippen molar-refractivity contribution in [1.82, 2.24) is 20.1 Å². The number of carboxylic acid groups (broad SMARTS) is 1. The van der Waals surface area contributed by atoms with Gasteiger partial charge in [-0.2, -0.15) is 0 Å². The molecule has 0 aromatic carbocycles. The van der Waals surface area contributed by atoms with Gasteiger partial charge in [0.2, 0.25) is 5.16 Å². The molecule has 3 atom stereocenters. The summed E-state index contributed by atoms with van der Waals surface area (Å²) in [5.41, 5.74) is 0.618. The van der Waals surface area contributed by atoms with Gasteiger partial charge in [-0.15, -0.1) is 16.9 Å². The van der Waals surface area contributed by atoms with Gasteiger partial charge in [0.15, 0.2) is 6.10 Å². The molecule has 0 radical (unpaired) electrons. The molecule has 10 heteroatoms. The molecule has 1 fully saturated rings. The number of carboxylic acids is 1. The minimum absolute atomic E-state index is 0.0219. The number of H-pyrrole nitrogens is 1. The average Bonchev–Trinajstić information content (AvgIpc) is 2.89. The van der Waals surface area contributed by atoms with Gasteiger partial charge in [-0.05, 0) is 19.4 Å². The van der Waals surface area contributed by atoms with Crippen molar-refractivity contribution < 1.29 is 19.8 Å². The number of aliphatic hydroxyl groups is 1. The third kappa shape index (κ3) is 2.40. The van der Waals surface area contributed by atoms with Gasteiger partial charge >= 0.3 is 5.97 Å². The molecule has 118 valence electrons. The Morgan fingerprint density at radius 3 is 2.91 bits per heavy atom. The van der Waals surface area contributed by atoms with Gasteiger partial charge in [-0.3, -0.25) is 14.8 Å². The van der Waals surface area contributed by atoms with Crippen molar-refractivity contribution >= 4 is 35.4 Å². The molecule has 0 aliphatic carbocycles. The molecule has 3 heterocycles. The van der Waals surface area contributed by atoms with Crippen molar-refractivity contribution in [3.05, 3.63) is 17.1 Å². The number of hydrogen-bond acceptors (Lipinski definition) is 7. The van der Waals surface area contributed by atoms with Crippen molar-refractivity contribution in [3.8, 4) is 0 Å². The number of thioether (sulfide) groups is 2. The van der Waals surface area contributed by atoms with E-state index >= 15 is 0 Å². The molecular formula is C12H14N4O4S2. The van der Waals surface area contributed by atoms with Crippen LogP contribution in [-0.4, -0.2) is 64.7 Å². The summed E-state index contributed by atoms with van der Waals surface area (Å²) < 4.78 is 0. The molecule has 1 aromatic rings. The first-order valence-electron chi connectivity index (χ1n) is 6.55. The summed E-state index contributed by atoms with van der Waals surface area (Å²) in [4.78, 5) is 28.7. The molecule has 2 aliphatic rings. The molecule has 1 amide bonds. The number of hydrogen-bond donors (Lipinski definition) is 3. The lowest BCUT2D eigenvalue weighted by molar-refractivity contribution is -0.159. The molecule has 3 N–H and O–H groups in total. The van der Waals surface area contributed by atoms with Crippen LogP contribution in [0.3, 0.4) is 0 Å². The third-order valence-corrected chi connectivity index (χ3v) is 5.84. The summed E-state index contributed by atoms with van der Waals surface area (Å²) >= 11 is 2.70. The normalized spacial score (nSPS) is 25.8. The fraction of sp³-hybridized carbons (Fsp3) is 0.500. The van der Waals surface area contributed by atoms with Gasteiger partial charge in [0.25, 0.3) is 5.91 Å². The first-order valence-corrected chi connectivity index (χ1v) is 8.47. The minimum atomic E-state index is -1.15. The van der Waals surface area contributed by atoms with E-state index < -0.39 is 23.4 Å². The molecule has 1 unspecified atom stereocenters. The Balaban J connectivity index is 1.89. The van der Waals surface area contributed by atoms with Crippen LogP contribution in [0, 0.1) is 6.92 Å². The monoisotopic (exact) mass is 342 g/mol. The first kappa shape index (κ1) is 15.4. The predicted octanol–water partition coefficient (Wildman–Crippen LogP) is 0.208. The zero-order chi connectivity index (χ0) is 16.0. The second-order valence-electron chi connectivity index (χ2n) is 5.00. The fourth-order valence-electron chi connectivity index (χ4n) is 2.40. The van der Waals surface area contributed by atoms with E-state index in [9.17, 15) is 19.8 Å². The third-order valence-electron chi connectivity index (χ3n) is 3.52. The lowest BCUT2D eigenvalue weighted by Gasteiger charge is -2.47. The first-order chi connectivity index (χ1) is 10.4. The Morgan fingerprint density at radius 1 is 1.59 bits per heavy atom. The van der Waals surface area contributed by atoms with E-state index in [2.05, 4.69) is 15.2 Å². The van der Waals surface area contributed by atoms with Gasteiger partial charge in [-0.1, -0.05) is 11.8 Å². The minimum Gasteiger partial charge on any atom is -0.477 e. The smallest absolute Gasteiger partial charge is 0.352 e. The summed E-state index contributed by atoms with van der Waals surface area (Å²) in [7, 11) is 0. The molecule has 8 nitrogen and oxygen atoms in total. The van der Waals surface area contributed by atoms with Gasteiger partial charge in [0.1, 0.15) is 16.9 Å². The van der Waals surface area contributed by atoms with Crippen LogP contribution in [0.5, 0.6) is 0 Å².